The molecule has 0 radical (unpaired) electrons. The highest BCUT2D eigenvalue weighted by atomic mass is 79.9. The number of halogens is 2. The van der Waals surface area contributed by atoms with Crippen molar-refractivity contribution in [3.63, 3.8) is 0 Å². The Balaban J connectivity index is 1.93. The van der Waals surface area contributed by atoms with Crippen LogP contribution in [-0.4, -0.2) is 24.8 Å². The van der Waals surface area contributed by atoms with Gasteiger partial charge in [0.05, 0.1) is 0 Å². The second-order valence-corrected chi connectivity index (χ2v) is 6.20. The lowest BCUT2D eigenvalue weighted by Crippen LogP contribution is -2.07. The van der Waals surface area contributed by atoms with E-state index in [2.05, 4.69) is 59.7 Å². The second-order valence-electron chi connectivity index (χ2n) is 5.04. The van der Waals surface area contributed by atoms with E-state index in [1.54, 1.807) is 0 Å². The van der Waals surface area contributed by atoms with Crippen molar-refractivity contribution in [1.82, 2.24) is 19.5 Å². The van der Waals surface area contributed by atoms with Crippen molar-refractivity contribution >= 4 is 38.7 Å². The maximum Gasteiger partial charge on any atom is 0.165 e. The first-order chi connectivity index (χ1) is 10.8. The van der Waals surface area contributed by atoms with Crippen LogP contribution in [0.5, 0.6) is 0 Å². The molecule has 114 valence electrons. The predicted molar refractivity (Wildman–Crippen MR) is 92.6 cm³/mol. The van der Waals surface area contributed by atoms with E-state index >= 15 is 0 Å². The fourth-order valence-electron chi connectivity index (χ4n) is 2.49. The second kappa shape index (κ2) is 7.20. The number of alkyl halides is 1. The minimum Gasteiger partial charge on any atom is -0.312 e. The van der Waals surface area contributed by atoms with E-state index in [9.17, 15) is 0 Å². The first-order valence-corrected chi connectivity index (χ1v) is 8.75. The summed E-state index contributed by atoms with van der Waals surface area (Å²) in [4.78, 5) is 13.1. The molecule has 0 spiro atoms. The van der Waals surface area contributed by atoms with Crippen LogP contribution in [0.15, 0.2) is 36.7 Å². The molecule has 6 heteroatoms. The van der Waals surface area contributed by atoms with Crippen LogP contribution in [0.25, 0.3) is 11.2 Å². The quantitative estimate of drug-likeness (QED) is 0.479. The van der Waals surface area contributed by atoms with Crippen LogP contribution >= 0.6 is 27.5 Å². The topological polar surface area (TPSA) is 43.6 Å². The number of rotatable bonds is 6. The first kappa shape index (κ1) is 15.4. The maximum atomic E-state index is 6.16. The van der Waals surface area contributed by atoms with Crippen LogP contribution in [0, 0.1) is 0 Å². The molecule has 2 aromatic heterocycles. The number of aromatic nitrogens is 4. The van der Waals surface area contributed by atoms with Gasteiger partial charge in [-0.05, 0) is 18.4 Å². The highest BCUT2D eigenvalue weighted by Gasteiger charge is 2.14. The van der Waals surface area contributed by atoms with E-state index in [-0.39, 0.29) is 0 Å². The fraction of sp³-hybridized carbons (Fsp3) is 0.312. The van der Waals surface area contributed by atoms with Crippen molar-refractivity contribution in [2.24, 2.45) is 0 Å². The van der Waals surface area contributed by atoms with Crippen LogP contribution in [0.4, 0.5) is 0 Å². The summed E-state index contributed by atoms with van der Waals surface area (Å²) in [5, 5.41) is 1.37. The Morgan fingerprint density at radius 3 is 2.68 bits per heavy atom. The van der Waals surface area contributed by atoms with Crippen LogP contribution in [0.3, 0.4) is 0 Å². The lowest BCUT2D eigenvalue weighted by Gasteiger charge is -2.08. The van der Waals surface area contributed by atoms with Gasteiger partial charge in [-0.25, -0.2) is 15.0 Å². The summed E-state index contributed by atoms with van der Waals surface area (Å²) in [5.41, 5.74) is 2.82. The smallest absolute Gasteiger partial charge is 0.165 e. The van der Waals surface area contributed by atoms with Crippen molar-refractivity contribution in [2.45, 2.75) is 25.8 Å². The van der Waals surface area contributed by atoms with Crippen molar-refractivity contribution in [3.05, 3.63) is 53.2 Å². The first-order valence-electron chi connectivity index (χ1n) is 7.25. The van der Waals surface area contributed by atoms with Gasteiger partial charge in [0.25, 0.3) is 0 Å². The zero-order valence-electron chi connectivity index (χ0n) is 12.0. The number of benzene rings is 1. The van der Waals surface area contributed by atoms with Gasteiger partial charge in [-0.1, -0.05) is 57.9 Å². The van der Waals surface area contributed by atoms with E-state index in [4.69, 9.17) is 11.6 Å². The molecular weight excluding hydrogens is 364 g/mol. The van der Waals surface area contributed by atoms with Crippen molar-refractivity contribution < 1.29 is 0 Å². The van der Waals surface area contributed by atoms with E-state index in [1.165, 1.54) is 11.9 Å². The summed E-state index contributed by atoms with van der Waals surface area (Å²) in [6.07, 6.45) is 4.36. The molecule has 0 aliphatic rings. The largest absolute Gasteiger partial charge is 0.312 e. The third-order valence-electron chi connectivity index (χ3n) is 3.57. The summed E-state index contributed by atoms with van der Waals surface area (Å²) in [6, 6.07) is 10.4. The number of hydrogen-bond acceptors (Lipinski definition) is 3. The molecule has 4 nitrogen and oxygen atoms in total. The molecule has 0 amide bonds. The third-order valence-corrected chi connectivity index (χ3v) is 4.40. The number of nitrogens with zero attached hydrogens (tertiary/aromatic N) is 4. The molecule has 0 fully saturated rings. The highest BCUT2D eigenvalue weighted by molar-refractivity contribution is 9.09. The molecule has 3 aromatic rings. The van der Waals surface area contributed by atoms with Gasteiger partial charge in [-0.3, -0.25) is 0 Å². The molecule has 0 saturated heterocycles. The summed E-state index contributed by atoms with van der Waals surface area (Å²) in [5.74, 6) is 1.02. The van der Waals surface area contributed by atoms with Crippen molar-refractivity contribution in [1.29, 1.82) is 0 Å². The molecule has 3 rings (SSSR count). The number of hydrogen-bond donors (Lipinski definition) is 0. The van der Waals surface area contributed by atoms with Gasteiger partial charge in [0.2, 0.25) is 0 Å². The van der Waals surface area contributed by atoms with E-state index in [0.29, 0.717) is 10.7 Å². The molecule has 0 bridgehead atoms. The molecule has 0 N–H and O–H groups in total. The minimum absolute atomic E-state index is 0.420. The molecule has 1 aromatic carbocycles. The minimum atomic E-state index is 0.420. The maximum absolute atomic E-state index is 6.16. The number of fused-ring (bicyclic) bond motifs is 1. The fourth-order valence-corrected chi connectivity index (χ4v) is 2.94. The van der Waals surface area contributed by atoms with Crippen molar-refractivity contribution in [2.75, 3.05) is 5.33 Å². The van der Waals surface area contributed by atoms with Gasteiger partial charge >= 0.3 is 0 Å². The Kier molecular flexibility index (Phi) is 5.05. The zero-order chi connectivity index (χ0) is 15.4. The summed E-state index contributed by atoms with van der Waals surface area (Å²) in [7, 11) is 0. The molecule has 0 unspecified atom stereocenters. The van der Waals surface area contributed by atoms with Gasteiger partial charge in [-0.15, -0.1) is 0 Å². The standard InChI is InChI=1S/C16H16BrClN4/c17-9-4-7-13-21-14-15(18)19-11-20-16(14)22(13)10-8-12-5-2-1-3-6-12/h1-3,5-6,11H,4,7-10H2. The van der Waals surface area contributed by atoms with Crippen molar-refractivity contribution in [3.8, 4) is 0 Å². The molecule has 0 atom stereocenters. The molecule has 0 aliphatic heterocycles. The molecule has 0 aliphatic carbocycles. The van der Waals surface area contributed by atoms with Gasteiger partial charge in [0, 0.05) is 18.3 Å². The van der Waals surface area contributed by atoms with Gasteiger partial charge in [0.15, 0.2) is 10.8 Å². The van der Waals surface area contributed by atoms with Crippen LogP contribution in [-0.2, 0) is 19.4 Å². The lowest BCUT2D eigenvalue weighted by molar-refractivity contribution is 0.655. The van der Waals surface area contributed by atoms with Gasteiger partial charge in [0.1, 0.15) is 17.7 Å². The Morgan fingerprint density at radius 1 is 1.09 bits per heavy atom. The van der Waals surface area contributed by atoms with E-state index < -0.39 is 0 Å². The Hall–Kier alpha value is -1.46. The third kappa shape index (κ3) is 3.31. The summed E-state index contributed by atoms with van der Waals surface area (Å²) >= 11 is 9.63. The van der Waals surface area contributed by atoms with Gasteiger partial charge < -0.3 is 4.57 Å². The lowest BCUT2D eigenvalue weighted by atomic mass is 10.1. The average molecular weight is 380 g/mol. The summed E-state index contributed by atoms with van der Waals surface area (Å²) < 4.78 is 2.17. The number of imidazole rings is 1. The van der Waals surface area contributed by atoms with E-state index in [1.807, 2.05) is 6.07 Å². The zero-order valence-corrected chi connectivity index (χ0v) is 14.4. The Labute approximate surface area is 142 Å². The highest BCUT2D eigenvalue weighted by Crippen LogP contribution is 2.21. The molecule has 2 heterocycles. The van der Waals surface area contributed by atoms with Crippen LogP contribution in [0.2, 0.25) is 5.15 Å². The van der Waals surface area contributed by atoms with Crippen LogP contribution < -0.4 is 0 Å². The molecular formula is C16H16BrClN4. The molecule has 22 heavy (non-hydrogen) atoms. The van der Waals surface area contributed by atoms with E-state index in [0.717, 1.165) is 42.6 Å². The Morgan fingerprint density at radius 2 is 1.91 bits per heavy atom. The van der Waals surface area contributed by atoms with Crippen LogP contribution in [0.1, 0.15) is 17.8 Å². The summed E-state index contributed by atoms with van der Waals surface area (Å²) in [6.45, 7) is 0.839. The average Bonchev–Trinajstić information content (AvgIpc) is 2.91. The normalized spacial score (nSPS) is 11.2. The number of aryl methyl sites for hydroxylation is 3. The monoisotopic (exact) mass is 378 g/mol. The molecule has 0 saturated carbocycles. The van der Waals surface area contributed by atoms with Gasteiger partial charge in [-0.2, -0.15) is 0 Å². The predicted octanol–water partition coefficient (Wildman–Crippen LogP) is 4.05. The SMILES string of the molecule is Clc1ncnc2c1nc(CCCBr)n2CCc1ccccc1. The Bertz CT molecular complexity index is 757.